The summed E-state index contributed by atoms with van der Waals surface area (Å²) in [5.74, 6) is -1.37. The van der Waals surface area contributed by atoms with Crippen LogP contribution >= 0.6 is 0 Å². The van der Waals surface area contributed by atoms with Crippen LogP contribution in [-0.4, -0.2) is 51.0 Å². The number of aryl methyl sites for hydroxylation is 1. The van der Waals surface area contributed by atoms with Gasteiger partial charge in [-0.1, -0.05) is 29.8 Å². The van der Waals surface area contributed by atoms with E-state index in [2.05, 4.69) is 5.32 Å². The maximum atomic E-state index is 13.2. The monoisotopic (exact) mass is 435 g/mol. The molecule has 0 unspecified atom stereocenters. The van der Waals surface area contributed by atoms with Gasteiger partial charge in [-0.25, -0.2) is 12.8 Å². The Bertz CT molecular complexity index is 992. The third-order valence-electron chi connectivity index (χ3n) is 4.68. The largest absolute Gasteiger partial charge is 0.357 e. The minimum atomic E-state index is -3.75. The number of benzene rings is 2. The smallest absolute Gasteiger partial charge is 0.244 e. The fourth-order valence-corrected chi connectivity index (χ4v) is 3.75. The van der Waals surface area contributed by atoms with Crippen molar-refractivity contribution >= 4 is 27.5 Å². The summed E-state index contributed by atoms with van der Waals surface area (Å²) >= 11 is 0. The van der Waals surface area contributed by atoms with Crippen molar-refractivity contribution in [3.05, 3.63) is 65.5 Å². The molecule has 0 heterocycles. The van der Waals surface area contributed by atoms with E-state index in [0.717, 1.165) is 16.1 Å². The number of anilines is 1. The van der Waals surface area contributed by atoms with Crippen LogP contribution < -0.4 is 9.62 Å². The molecule has 2 aromatic carbocycles. The van der Waals surface area contributed by atoms with Gasteiger partial charge in [0.05, 0.1) is 11.9 Å². The van der Waals surface area contributed by atoms with Gasteiger partial charge in [-0.15, -0.1) is 0 Å². The Balaban J connectivity index is 2.35. The molecule has 2 amide bonds. The summed E-state index contributed by atoms with van der Waals surface area (Å²) in [6.45, 7) is 2.98. The third-order valence-corrected chi connectivity index (χ3v) is 5.82. The molecule has 1 N–H and O–H groups in total. The number of carbonyl (C=O) groups is 2. The quantitative estimate of drug-likeness (QED) is 0.688. The maximum absolute atomic E-state index is 13.2. The summed E-state index contributed by atoms with van der Waals surface area (Å²) in [7, 11) is -2.30. The van der Waals surface area contributed by atoms with Crippen molar-refractivity contribution in [2.24, 2.45) is 0 Å². The second kappa shape index (κ2) is 9.71. The van der Waals surface area contributed by atoms with Gasteiger partial charge in [0.2, 0.25) is 21.8 Å². The number of amides is 2. The van der Waals surface area contributed by atoms with E-state index in [1.54, 1.807) is 31.2 Å². The molecule has 0 saturated carbocycles. The van der Waals surface area contributed by atoms with Gasteiger partial charge in [0, 0.05) is 13.6 Å². The lowest BCUT2D eigenvalue weighted by Gasteiger charge is -2.31. The minimum Gasteiger partial charge on any atom is -0.357 e. The number of rotatable bonds is 8. The summed E-state index contributed by atoms with van der Waals surface area (Å²) in [6, 6.07) is 11.4. The first-order valence-corrected chi connectivity index (χ1v) is 11.2. The first kappa shape index (κ1) is 23.3. The Morgan fingerprint density at radius 1 is 1.07 bits per heavy atom. The van der Waals surface area contributed by atoms with Crippen LogP contribution in [0.25, 0.3) is 0 Å². The van der Waals surface area contributed by atoms with Crippen molar-refractivity contribution in [2.45, 2.75) is 26.4 Å². The lowest BCUT2D eigenvalue weighted by atomic mass is 10.1. The molecule has 0 aromatic heterocycles. The summed E-state index contributed by atoms with van der Waals surface area (Å²) in [4.78, 5) is 26.6. The highest BCUT2D eigenvalue weighted by Crippen LogP contribution is 2.19. The van der Waals surface area contributed by atoms with Crippen molar-refractivity contribution in [1.29, 1.82) is 0 Å². The van der Waals surface area contributed by atoms with Crippen LogP contribution in [0.2, 0.25) is 0 Å². The predicted molar refractivity (Wildman–Crippen MR) is 114 cm³/mol. The van der Waals surface area contributed by atoms with E-state index < -0.39 is 40.2 Å². The highest BCUT2D eigenvalue weighted by atomic mass is 32.2. The van der Waals surface area contributed by atoms with Crippen LogP contribution in [0.4, 0.5) is 10.1 Å². The van der Waals surface area contributed by atoms with Crippen LogP contribution in [0.1, 0.15) is 18.1 Å². The van der Waals surface area contributed by atoms with E-state index in [1.165, 1.54) is 36.2 Å². The Kier molecular flexibility index (Phi) is 7.55. The second-order valence-corrected chi connectivity index (χ2v) is 8.95. The molecular formula is C21H26FN3O4S. The molecule has 0 saturated heterocycles. The van der Waals surface area contributed by atoms with Gasteiger partial charge in [-0.05, 0) is 43.7 Å². The summed E-state index contributed by atoms with van der Waals surface area (Å²) in [5.41, 5.74) is 1.91. The van der Waals surface area contributed by atoms with Crippen LogP contribution in [0.5, 0.6) is 0 Å². The molecule has 2 aromatic rings. The fraction of sp³-hybridized carbons (Fsp3) is 0.333. The summed E-state index contributed by atoms with van der Waals surface area (Å²) in [5, 5.41) is 2.49. The Labute approximate surface area is 176 Å². The molecule has 0 aliphatic rings. The van der Waals surface area contributed by atoms with Gasteiger partial charge in [-0.2, -0.15) is 0 Å². The fourth-order valence-electron chi connectivity index (χ4n) is 2.90. The zero-order chi connectivity index (χ0) is 22.5. The standard InChI is InChI=1S/C21H26FN3O4S/c1-15-5-11-19(12-6-15)25(30(4,28)29)14-20(26)24(16(2)21(27)23-3)13-17-7-9-18(22)10-8-17/h5-12,16H,13-14H2,1-4H3,(H,23,27)/t16-/m0/s1. The van der Waals surface area contributed by atoms with E-state index in [4.69, 9.17) is 0 Å². The second-order valence-electron chi connectivity index (χ2n) is 7.04. The van der Waals surface area contributed by atoms with Crippen LogP contribution in [0.3, 0.4) is 0 Å². The highest BCUT2D eigenvalue weighted by molar-refractivity contribution is 7.92. The van der Waals surface area contributed by atoms with E-state index in [9.17, 15) is 22.4 Å². The molecule has 1 atom stereocenters. The van der Waals surface area contributed by atoms with Gasteiger partial charge in [0.1, 0.15) is 18.4 Å². The van der Waals surface area contributed by atoms with Crippen molar-refractivity contribution in [3.63, 3.8) is 0 Å². The lowest BCUT2D eigenvalue weighted by Crippen LogP contribution is -2.50. The zero-order valence-electron chi connectivity index (χ0n) is 17.4. The Morgan fingerprint density at radius 2 is 1.63 bits per heavy atom. The van der Waals surface area contributed by atoms with E-state index in [-0.39, 0.29) is 6.54 Å². The van der Waals surface area contributed by atoms with E-state index in [0.29, 0.717) is 11.3 Å². The Hall–Kier alpha value is -2.94. The first-order chi connectivity index (χ1) is 14.0. The van der Waals surface area contributed by atoms with Crippen molar-refractivity contribution in [2.75, 3.05) is 24.2 Å². The number of hydrogen-bond donors (Lipinski definition) is 1. The summed E-state index contributed by atoms with van der Waals surface area (Å²) < 4.78 is 39.0. The van der Waals surface area contributed by atoms with Crippen LogP contribution in [0.15, 0.2) is 48.5 Å². The van der Waals surface area contributed by atoms with Gasteiger partial charge in [-0.3, -0.25) is 13.9 Å². The molecule has 0 fully saturated rings. The molecule has 30 heavy (non-hydrogen) atoms. The van der Waals surface area contributed by atoms with E-state index >= 15 is 0 Å². The molecule has 9 heteroatoms. The average Bonchev–Trinajstić information content (AvgIpc) is 2.70. The van der Waals surface area contributed by atoms with Crippen molar-refractivity contribution < 1.29 is 22.4 Å². The van der Waals surface area contributed by atoms with Crippen LogP contribution in [-0.2, 0) is 26.2 Å². The number of sulfonamides is 1. The van der Waals surface area contributed by atoms with Gasteiger partial charge >= 0.3 is 0 Å². The molecular weight excluding hydrogens is 409 g/mol. The number of halogens is 1. The molecule has 7 nitrogen and oxygen atoms in total. The van der Waals surface area contributed by atoms with Crippen molar-refractivity contribution in [1.82, 2.24) is 10.2 Å². The average molecular weight is 436 g/mol. The third kappa shape index (κ3) is 6.03. The molecule has 0 bridgehead atoms. The maximum Gasteiger partial charge on any atom is 0.244 e. The summed E-state index contributed by atoms with van der Waals surface area (Å²) in [6.07, 6.45) is 1.02. The van der Waals surface area contributed by atoms with Crippen molar-refractivity contribution in [3.8, 4) is 0 Å². The normalized spacial score (nSPS) is 12.2. The molecule has 0 aliphatic heterocycles. The number of likely N-dealkylation sites (N-methyl/N-ethyl adjacent to an activating group) is 1. The van der Waals surface area contributed by atoms with Gasteiger partial charge in [0.15, 0.2) is 0 Å². The molecule has 162 valence electrons. The predicted octanol–water partition coefficient (Wildman–Crippen LogP) is 2.06. The van der Waals surface area contributed by atoms with E-state index in [1.807, 2.05) is 6.92 Å². The molecule has 0 spiro atoms. The number of nitrogens with one attached hydrogen (secondary N) is 1. The minimum absolute atomic E-state index is 0.0270. The number of carbonyl (C=O) groups excluding carboxylic acids is 2. The number of hydrogen-bond acceptors (Lipinski definition) is 4. The van der Waals surface area contributed by atoms with Crippen LogP contribution in [0, 0.1) is 12.7 Å². The van der Waals surface area contributed by atoms with Gasteiger partial charge < -0.3 is 10.2 Å². The first-order valence-electron chi connectivity index (χ1n) is 9.33. The SMILES string of the molecule is CNC(=O)[C@H](C)N(Cc1ccc(F)cc1)C(=O)CN(c1ccc(C)cc1)S(C)(=O)=O. The number of nitrogens with zero attached hydrogens (tertiary/aromatic N) is 2. The lowest BCUT2D eigenvalue weighted by molar-refractivity contribution is -0.139. The van der Waals surface area contributed by atoms with Gasteiger partial charge in [0.25, 0.3) is 0 Å². The molecule has 2 rings (SSSR count). The molecule has 0 radical (unpaired) electrons. The Morgan fingerprint density at radius 3 is 2.13 bits per heavy atom. The topological polar surface area (TPSA) is 86.8 Å². The zero-order valence-corrected chi connectivity index (χ0v) is 18.2. The highest BCUT2D eigenvalue weighted by Gasteiger charge is 2.29. The molecule has 0 aliphatic carbocycles.